The lowest BCUT2D eigenvalue weighted by Gasteiger charge is -2.05. The number of nitrogen functional groups attached to an aromatic ring is 1. The van der Waals surface area contributed by atoms with Gasteiger partial charge in [-0.05, 0) is 30.2 Å². The molecule has 0 fully saturated rings. The summed E-state index contributed by atoms with van der Waals surface area (Å²) in [7, 11) is 0. The molecule has 0 atom stereocenters. The molecule has 0 unspecified atom stereocenters. The number of aryl methyl sites for hydroxylation is 1. The predicted molar refractivity (Wildman–Crippen MR) is 74.3 cm³/mol. The Morgan fingerprint density at radius 3 is 2.68 bits per heavy atom. The minimum absolute atomic E-state index is 0.327. The number of pyridine rings is 1. The summed E-state index contributed by atoms with van der Waals surface area (Å²) in [5.41, 5.74) is 10.5. The van der Waals surface area contributed by atoms with Gasteiger partial charge in [0.15, 0.2) is 0 Å². The van der Waals surface area contributed by atoms with E-state index in [9.17, 15) is 0 Å². The van der Waals surface area contributed by atoms with Crippen LogP contribution in [0, 0.1) is 6.92 Å². The average molecular weight is 251 g/mol. The monoisotopic (exact) mass is 251 g/mol. The lowest BCUT2D eigenvalue weighted by molar-refractivity contribution is 0.439. The van der Waals surface area contributed by atoms with E-state index in [2.05, 4.69) is 10.1 Å². The molecule has 0 radical (unpaired) electrons. The first-order chi connectivity index (χ1) is 9.27. The van der Waals surface area contributed by atoms with E-state index >= 15 is 0 Å². The van der Waals surface area contributed by atoms with Crippen molar-refractivity contribution in [3.8, 4) is 22.4 Å². The standard InChI is InChI=1S/C15H13N3O/c1-10-5-2-3-7-12(10)13-14(18-19-15(13)16)11-6-4-8-17-9-11/h2-9H,16H2,1H3. The molecule has 19 heavy (non-hydrogen) atoms. The van der Waals surface area contributed by atoms with Crippen molar-refractivity contribution < 1.29 is 4.52 Å². The molecule has 0 aliphatic heterocycles. The Morgan fingerprint density at radius 2 is 1.95 bits per heavy atom. The first kappa shape index (κ1) is 11.5. The molecule has 0 aliphatic carbocycles. The van der Waals surface area contributed by atoms with Crippen LogP contribution >= 0.6 is 0 Å². The van der Waals surface area contributed by atoms with Gasteiger partial charge in [-0.2, -0.15) is 0 Å². The van der Waals surface area contributed by atoms with Crippen molar-refractivity contribution in [3.63, 3.8) is 0 Å². The van der Waals surface area contributed by atoms with Crippen molar-refractivity contribution in [3.05, 3.63) is 54.4 Å². The second-order valence-corrected chi connectivity index (χ2v) is 4.33. The van der Waals surface area contributed by atoms with E-state index in [0.29, 0.717) is 5.88 Å². The maximum Gasteiger partial charge on any atom is 0.230 e. The van der Waals surface area contributed by atoms with E-state index < -0.39 is 0 Å². The zero-order valence-electron chi connectivity index (χ0n) is 10.5. The van der Waals surface area contributed by atoms with Gasteiger partial charge in [-0.15, -0.1) is 0 Å². The molecule has 94 valence electrons. The van der Waals surface area contributed by atoms with Crippen molar-refractivity contribution in [1.82, 2.24) is 10.1 Å². The summed E-state index contributed by atoms with van der Waals surface area (Å²) in [6.45, 7) is 2.04. The largest absolute Gasteiger partial charge is 0.367 e. The molecule has 0 saturated carbocycles. The third-order valence-corrected chi connectivity index (χ3v) is 3.07. The average Bonchev–Trinajstić information content (AvgIpc) is 2.82. The normalized spacial score (nSPS) is 10.6. The molecule has 3 rings (SSSR count). The summed E-state index contributed by atoms with van der Waals surface area (Å²) >= 11 is 0. The zero-order valence-corrected chi connectivity index (χ0v) is 10.5. The highest BCUT2D eigenvalue weighted by Crippen LogP contribution is 2.37. The number of benzene rings is 1. The van der Waals surface area contributed by atoms with Gasteiger partial charge in [-0.1, -0.05) is 29.4 Å². The quantitative estimate of drug-likeness (QED) is 0.759. The van der Waals surface area contributed by atoms with Crippen LogP contribution in [0.1, 0.15) is 5.56 Å². The van der Waals surface area contributed by atoms with Crippen LogP contribution in [-0.2, 0) is 0 Å². The van der Waals surface area contributed by atoms with Gasteiger partial charge in [0.25, 0.3) is 0 Å². The minimum atomic E-state index is 0.327. The number of rotatable bonds is 2. The van der Waals surface area contributed by atoms with Gasteiger partial charge in [0.1, 0.15) is 5.69 Å². The van der Waals surface area contributed by atoms with Crippen LogP contribution in [-0.4, -0.2) is 10.1 Å². The van der Waals surface area contributed by atoms with E-state index in [1.54, 1.807) is 12.4 Å². The summed E-state index contributed by atoms with van der Waals surface area (Å²) in [5, 5.41) is 4.06. The first-order valence-corrected chi connectivity index (χ1v) is 5.99. The van der Waals surface area contributed by atoms with Crippen molar-refractivity contribution >= 4 is 5.88 Å². The Labute approximate surface area is 110 Å². The van der Waals surface area contributed by atoms with Gasteiger partial charge in [-0.3, -0.25) is 4.98 Å². The number of hydrogen-bond acceptors (Lipinski definition) is 4. The fraction of sp³-hybridized carbons (Fsp3) is 0.0667. The molecule has 0 bridgehead atoms. The highest BCUT2D eigenvalue weighted by Gasteiger charge is 2.18. The summed E-state index contributed by atoms with van der Waals surface area (Å²) in [4.78, 5) is 4.11. The lowest BCUT2D eigenvalue weighted by atomic mass is 9.98. The van der Waals surface area contributed by atoms with Gasteiger partial charge < -0.3 is 10.3 Å². The van der Waals surface area contributed by atoms with Gasteiger partial charge in [0, 0.05) is 18.0 Å². The number of hydrogen-bond donors (Lipinski definition) is 1. The van der Waals surface area contributed by atoms with E-state index in [4.69, 9.17) is 10.3 Å². The SMILES string of the molecule is Cc1ccccc1-c1c(-c2cccnc2)noc1N. The molecule has 2 heterocycles. The summed E-state index contributed by atoms with van der Waals surface area (Å²) in [5.74, 6) is 0.327. The minimum Gasteiger partial charge on any atom is -0.367 e. The molecule has 4 nitrogen and oxygen atoms in total. The molecule has 3 aromatic rings. The van der Waals surface area contributed by atoms with Gasteiger partial charge in [-0.25, -0.2) is 0 Å². The highest BCUT2D eigenvalue weighted by atomic mass is 16.5. The maximum atomic E-state index is 5.93. The molecular formula is C15H13N3O. The molecule has 4 heteroatoms. The van der Waals surface area contributed by atoms with E-state index in [0.717, 1.165) is 27.9 Å². The van der Waals surface area contributed by atoms with Crippen LogP contribution in [0.15, 0.2) is 53.3 Å². The van der Waals surface area contributed by atoms with Crippen LogP contribution < -0.4 is 5.73 Å². The Kier molecular flexibility index (Phi) is 2.76. The number of anilines is 1. The van der Waals surface area contributed by atoms with Crippen LogP contribution in [0.3, 0.4) is 0 Å². The fourth-order valence-corrected chi connectivity index (χ4v) is 2.12. The smallest absolute Gasteiger partial charge is 0.230 e. The van der Waals surface area contributed by atoms with Crippen molar-refractivity contribution in [2.24, 2.45) is 0 Å². The topological polar surface area (TPSA) is 64.9 Å². The molecule has 0 saturated heterocycles. The van der Waals surface area contributed by atoms with Gasteiger partial charge in [0.2, 0.25) is 5.88 Å². The number of aromatic nitrogens is 2. The molecule has 2 aromatic heterocycles. The lowest BCUT2D eigenvalue weighted by Crippen LogP contribution is -1.90. The fourth-order valence-electron chi connectivity index (χ4n) is 2.12. The third-order valence-electron chi connectivity index (χ3n) is 3.07. The molecular weight excluding hydrogens is 238 g/mol. The summed E-state index contributed by atoms with van der Waals surface area (Å²) in [6, 6.07) is 11.8. The van der Waals surface area contributed by atoms with Crippen molar-refractivity contribution in [2.75, 3.05) is 5.73 Å². The van der Waals surface area contributed by atoms with Crippen LogP contribution in [0.5, 0.6) is 0 Å². The Bertz CT molecular complexity index is 704. The molecule has 0 spiro atoms. The van der Waals surface area contributed by atoms with Gasteiger partial charge in [0.05, 0.1) is 5.56 Å². The van der Waals surface area contributed by atoms with Gasteiger partial charge >= 0.3 is 0 Å². The zero-order chi connectivity index (χ0) is 13.2. The first-order valence-electron chi connectivity index (χ1n) is 5.99. The Hall–Kier alpha value is -2.62. The van der Waals surface area contributed by atoms with Crippen molar-refractivity contribution in [2.45, 2.75) is 6.92 Å². The van der Waals surface area contributed by atoms with Crippen LogP contribution in [0.25, 0.3) is 22.4 Å². The van der Waals surface area contributed by atoms with Crippen molar-refractivity contribution in [1.29, 1.82) is 0 Å². The van der Waals surface area contributed by atoms with Crippen LogP contribution in [0.2, 0.25) is 0 Å². The molecule has 0 amide bonds. The summed E-state index contributed by atoms with van der Waals surface area (Å²) < 4.78 is 5.16. The van der Waals surface area contributed by atoms with E-state index in [1.807, 2.05) is 43.3 Å². The van der Waals surface area contributed by atoms with E-state index in [-0.39, 0.29) is 0 Å². The predicted octanol–water partition coefficient (Wildman–Crippen LogP) is 3.29. The maximum absolute atomic E-state index is 5.93. The van der Waals surface area contributed by atoms with E-state index in [1.165, 1.54) is 0 Å². The third kappa shape index (κ3) is 1.97. The molecule has 0 aliphatic rings. The second kappa shape index (κ2) is 4.57. The second-order valence-electron chi connectivity index (χ2n) is 4.33. The number of nitrogens with zero attached hydrogens (tertiary/aromatic N) is 2. The van der Waals surface area contributed by atoms with Crippen LogP contribution in [0.4, 0.5) is 5.88 Å². The Balaban J connectivity index is 2.23. The highest BCUT2D eigenvalue weighted by molar-refractivity contribution is 5.87. The molecule has 2 N–H and O–H groups in total. The number of nitrogens with two attached hydrogens (primary N) is 1. The summed E-state index contributed by atoms with van der Waals surface area (Å²) in [6.07, 6.45) is 3.47. The molecule has 1 aromatic carbocycles. The Morgan fingerprint density at radius 1 is 1.11 bits per heavy atom.